The van der Waals surface area contributed by atoms with E-state index >= 15 is 0 Å². The summed E-state index contributed by atoms with van der Waals surface area (Å²) in [5, 5.41) is 5.17. The van der Waals surface area contributed by atoms with E-state index in [1.54, 1.807) is 36.4 Å². The maximum absolute atomic E-state index is 12.0. The van der Waals surface area contributed by atoms with E-state index in [0.717, 1.165) is 0 Å². The number of carbonyl (C=O) groups is 3. The van der Waals surface area contributed by atoms with Crippen LogP contribution in [0.4, 0.5) is 5.69 Å². The van der Waals surface area contributed by atoms with Gasteiger partial charge >= 0.3 is 5.97 Å². The first kappa shape index (κ1) is 19.5. The van der Waals surface area contributed by atoms with Gasteiger partial charge in [-0.25, -0.2) is 4.79 Å². The van der Waals surface area contributed by atoms with Gasteiger partial charge in [-0.1, -0.05) is 6.07 Å². The molecule has 0 saturated carbocycles. The molecule has 0 saturated heterocycles. The number of rotatable bonds is 6. The van der Waals surface area contributed by atoms with Gasteiger partial charge in [0.05, 0.1) is 17.1 Å². The van der Waals surface area contributed by atoms with E-state index in [1.165, 1.54) is 20.2 Å². The number of hydrogen-bond donors (Lipinski definition) is 2. The van der Waals surface area contributed by atoms with Crippen LogP contribution < -0.4 is 15.4 Å². The molecule has 0 bridgehead atoms. The molecule has 0 aromatic heterocycles. The van der Waals surface area contributed by atoms with Crippen molar-refractivity contribution in [3.05, 3.63) is 58.1 Å². The van der Waals surface area contributed by atoms with Crippen molar-refractivity contribution in [3.63, 3.8) is 0 Å². The molecule has 26 heavy (non-hydrogen) atoms. The molecule has 2 aromatic rings. The van der Waals surface area contributed by atoms with Crippen molar-refractivity contribution in [2.75, 3.05) is 26.1 Å². The fraction of sp³-hybridized carbons (Fsp3) is 0.167. The normalized spacial score (nSPS) is 9.96. The van der Waals surface area contributed by atoms with E-state index in [2.05, 4.69) is 31.3 Å². The first-order chi connectivity index (χ1) is 12.4. The summed E-state index contributed by atoms with van der Waals surface area (Å²) in [4.78, 5) is 35.1. The number of benzene rings is 2. The Balaban J connectivity index is 1.97. The summed E-state index contributed by atoms with van der Waals surface area (Å²) >= 11 is 3.29. The van der Waals surface area contributed by atoms with Gasteiger partial charge in [-0.15, -0.1) is 0 Å². The van der Waals surface area contributed by atoms with Crippen LogP contribution in [-0.2, 0) is 9.53 Å². The van der Waals surface area contributed by atoms with E-state index in [-0.39, 0.29) is 18.4 Å². The molecule has 136 valence electrons. The summed E-state index contributed by atoms with van der Waals surface area (Å²) in [5.41, 5.74) is 1.29. The molecule has 2 amide bonds. The average Bonchev–Trinajstić information content (AvgIpc) is 2.65. The van der Waals surface area contributed by atoms with Crippen molar-refractivity contribution in [1.82, 2.24) is 5.32 Å². The lowest BCUT2D eigenvalue weighted by Gasteiger charge is -2.10. The molecule has 7 nitrogen and oxygen atoms in total. The molecule has 0 atom stereocenters. The van der Waals surface area contributed by atoms with Crippen molar-refractivity contribution in [2.45, 2.75) is 0 Å². The first-order valence-corrected chi connectivity index (χ1v) is 8.36. The zero-order valence-corrected chi connectivity index (χ0v) is 15.8. The molecule has 2 N–H and O–H groups in total. The quantitative estimate of drug-likeness (QED) is 0.700. The Labute approximate surface area is 158 Å². The van der Waals surface area contributed by atoms with Crippen molar-refractivity contribution in [2.24, 2.45) is 0 Å². The zero-order valence-electron chi connectivity index (χ0n) is 14.2. The predicted octanol–water partition coefficient (Wildman–Crippen LogP) is 2.61. The predicted molar refractivity (Wildman–Crippen MR) is 99.4 cm³/mol. The maximum Gasteiger partial charge on any atom is 0.337 e. The van der Waals surface area contributed by atoms with Gasteiger partial charge in [-0.05, 0) is 52.3 Å². The lowest BCUT2D eigenvalue weighted by atomic mass is 10.2. The highest BCUT2D eigenvalue weighted by Crippen LogP contribution is 2.26. The number of carbonyl (C=O) groups excluding carboxylic acids is 3. The van der Waals surface area contributed by atoms with Crippen LogP contribution >= 0.6 is 15.9 Å². The standard InChI is InChI=1S/C18H17BrN2O5/c1-20-17(23)11-4-3-5-13(8-11)21-16(22)10-26-15-7-6-12(9-14(15)19)18(24)25-2/h3-9H,10H2,1-2H3,(H,20,23)(H,21,22). The van der Waals surface area contributed by atoms with Crippen LogP contribution in [0.2, 0.25) is 0 Å². The topological polar surface area (TPSA) is 93.7 Å². The molecule has 0 aliphatic heterocycles. The summed E-state index contributed by atoms with van der Waals surface area (Å²) in [6.45, 7) is -0.236. The Morgan fingerprint density at radius 1 is 1.08 bits per heavy atom. The van der Waals surface area contributed by atoms with E-state index in [1.807, 2.05) is 0 Å². The van der Waals surface area contributed by atoms with Crippen molar-refractivity contribution < 1.29 is 23.9 Å². The molecule has 2 aromatic carbocycles. The van der Waals surface area contributed by atoms with Gasteiger partial charge in [-0.2, -0.15) is 0 Å². The van der Waals surface area contributed by atoms with Gasteiger partial charge in [0.25, 0.3) is 11.8 Å². The highest BCUT2D eigenvalue weighted by Gasteiger charge is 2.11. The Kier molecular flexibility index (Phi) is 6.74. The molecular formula is C18H17BrN2O5. The van der Waals surface area contributed by atoms with Crippen molar-refractivity contribution >= 4 is 39.4 Å². The smallest absolute Gasteiger partial charge is 0.337 e. The monoisotopic (exact) mass is 420 g/mol. The van der Waals surface area contributed by atoms with Crippen LogP contribution in [0.3, 0.4) is 0 Å². The van der Waals surface area contributed by atoms with Crippen LogP contribution in [0.5, 0.6) is 5.75 Å². The van der Waals surface area contributed by atoms with Crippen LogP contribution in [-0.4, -0.2) is 38.5 Å². The van der Waals surface area contributed by atoms with Gasteiger partial charge in [0.15, 0.2) is 6.61 Å². The summed E-state index contributed by atoms with van der Waals surface area (Å²) in [6, 6.07) is 11.2. The number of hydrogen-bond acceptors (Lipinski definition) is 5. The second-order valence-electron chi connectivity index (χ2n) is 5.13. The summed E-state index contributed by atoms with van der Waals surface area (Å²) < 4.78 is 10.6. The number of amides is 2. The van der Waals surface area contributed by atoms with Gasteiger partial charge < -0.3 is 20.1 Å². The Morgan fingerprint density at radius 2 is 1.85 bits per heavy atom. The molecule has 0 heterocycles. The Bertz CT molecular complexity index is 838. The van der Waals surface area contributed by atoms with Gasteiger partial charge in [0.1, 0.15) is 5.75 Å². The van der Waals surface area contributed by atoms with Gasteiger partial charge in [0, 0.05) is 18.3 Å². The van der Waals surface area contributed by atoms with Crippen molar-refractivity contribution in [3.8, 4) is 5.75 Å². The SMILES string of the molecule is CNC(=O)c1cccc(NC(=O)COc2ccc(C(=O)OC)cc2Br)c1. The lowest BCUT2D eigenvalue weighted by Crippen LogP contribution is -2.21. The third-order valence-electron chi connectivity index (χ3n) is 3.35. The van der Waals surface area contributed by atoms with E-state index in [0.29, 0.717) is 27.0 Å². The second kappa shape index (κ2) is 9.00. The highest BCUT2D eigenvalue weighted by atomic mass is 79.9. The Hall–Kier alpha value is -2.87. The zero-order chi connectivity index (χ0) is 19.1. The molecule has 8 heteroatoms. The molecular weight excluding hydrogens is 404 g/mol. The average molecular weight is 421 g/mol. The van der Waals surface area contributed by atoms with Crippen LogP contribution in [0.25, 0.3) is 0 Å². The molecule has 0 fully saturated rings. The summed E-state index contributed by atoms with van der Waals surface area (Å²) in [7, 11) is 2.83. The highest BCUT2D eigenvalue weighted by molar-refractivity contribution is 9.10. The van der Waals surface area contributed by atoms with Gasteiger partial charge in [0.2, 0.25) is 0 Å². The fourth-order valence-electron chi connectivity index (χ4n) is 2.09. The molecule has 0 spiro atoms. The third-order valence-corrected chi connectivity index (χ3v) is 3.97. The molecule has 0 aliphatic rings. The molecule has 0 radical (unpaired) electrons. The second-order valence-corrected chi connectivity index (χ2v) is 5.99. The Morgan fingerprint density at radius 3 is 2.50 bits per heavy atom. The van der Waals surface area contributed by atoms with Crippen LogP contribution in [0, 0.1) is 0 Å². The number of ether oxygens (including phenoxy) is 2. The minimum Gasteiger partial charge on any atom is -0.483 e. The number of methoxy groups -OCH3 is 1. The van der Waals surface area contributed by atoms with Crippen LogP contribution in [0.1, 0.15) is 20.7 Å². The number of halogens is 1. The van der Waals surface area contributed by atoms with Crippen LogP contribution in [0.15, 0.2) is 46.9 Å². The van der Waals surface area contributed by atoms with E-state index < -0.39 is 5.97 Å². The first-order valence-electron chi connectivity index (χ1n) is 7.57. The minimum absolute atomic E-state index is 0.236. The van der Waals surface area contributed by atoms with Gasteiger partial charge in [-0.3, -0.25) is 9.59 Å². The number of esters is 1. The largest absolute Gasteiger partial charge is 0.483 e. The third kappa shape index (κ3) is 5.06. The minimum atomic E-state index is -0.467. The number of anilines is 1. The van der Waals surface area contributed by atoms with Crippen molar-refractivity contribution in [1.29, 1.82) is 0 Å². The van der Waals surface area contributed by atoms with E-state index in [9.17, 15) is 14.4 Å². The van der Waals surface area contributed by atoms with E-state index in [4.69, 9.17) is 4.74 Å². The molecule has 0 aliphatic carbocycles. The number of nitrogens with one attached hydrogen (secondary N) is 2. The molecule has 2 rings (SSSR count). The maximum atomic E-state index is 12.0. The summed E-state index contributed by atoms with van der Waals surface area (Å²) in [5.74, 6) is -0.687. The summed E-state index contributed by atoms with van der Waals surface area (Å²) in [6.07, 6.45) is 0. The fourth-order valence-corrected chi connectivity index (χ4v) is 2.58. The molecule has 0 unspecified atom stereocenters. The lowest BCUT2D eigenvalue weighted by molar-refractivity contribution is -0.118.